The fourth-order valence-electron chi connectivity index (χ4n) is 1.26. The van der Waals surface area contributed by atoms with Gasteiger partial charge in [-0.05, 0) is 19.1 Å². The lowest BCUT2D eigenvalue weighted by atomic mass is 10.2. The average Bonchev–Trinajstić information content (AvgIpc) is 2.80. The summed E-state index contributed by atoms with van der Waals surface area (Å²) >= 11 is 0. The minimum atomic E-state index is -3.74. The van der Waals surface area contributed by atoms with Gasteiger partial charge in [-0.25, -0.2) is 0 Å². The lowest BCUT2D eigenvalue weighted by Gasteiger charge is -2.05. The van der Waals surface area contributed by atoms with Crippen LogP contribution in [-0.2, 0) is 23.8 Å². The Bertz CT molecular complexity index is 515. The molecule has 1 aliphatic rings. The van der Waals surface area contributed by atoms with E-state index >= 15 is 0 Å². The zero-order valence-electron chi connectivity index (χ0n) is 9.25. The molecule has 0 bridgehead atoms. The van der Waals surface area contributed by atoms with Crippen LogP contribution in [0, 0.1) is 6.92 Å². The Hall–Kier alpha value is -1.53. The van der Waals surface area contributed by atoms with E-state index in [9.17, 15) is 8.42 Å². The molecule has 0 amide bonds. The lowest BCUT2D eigenvalue weighted by Crippen LogP contribution is -2.09. The second-order valence-corrected chi connectivity index (χ2v) is 5.16. The fraction of sp³-hybridized carbons (Fsp3) is 0.273. The van der Waals surface area contributed by atoms with Crippen LogP contribution in [0.4, 0.5) is 0 Å². The van der Waals surface area contributed by atoms with Crippen LogP contribution >= 0.6 is 0 Å². The fourth-order valence-corrected chi connectivity index (χ4v) is 2.13. The molecule has 0 saturated heterocycles. The van der Waals surface area contributed by atoms with Gasteiger partial charge in [0, 0.05) is 0 Å². The van der Waals surface area contributed by atoms with E-state index in [1.54, 1.807) is 12.1 Å². The summed E-state index contributed by atoms with van der Waals surface area (Å²) < 4.78 is 38.1. The first-order valence-electron chi connectivity index (χ1n) is 4.97. The molecule has 6 heteroatoms. The molecule has 0 N–H and O–H groups in total. The van der Waals surface area contributed by atoms with Gasteiger partial charge in [-0.15, -0.1) is 0 Å². The van der Waals surface area contributed by atoms with Crippen LogP contribution in [0.2, 0.25) is 0 Å². The zero-order valence-corrected chi connectivity index (χ0v) is 10.1. The molecule has 1 aromatic rings. The van der Waals surface area contributed by atoms with E-state index in [0.29, 0.717) is 5.76 Å². The molecule has 0 spiro atoms. The van der Waals surface area contributed by atoms with Gasteiger partial charge in [0.15, 0.2) is 5.76 Å². The molecule has 0 aromatic heterocycles. The van der Waals surface area contributed by atoms with Crippen LogP contribution in [-0.4, -0.2) is 21.8 Å². The van der Waals surface area contributed by atoms with E-state index in [1.165, 1.54) is 18.4 Å². The molecule has 0 atom stereocenters. The van der Waals surface area contributed by atoms with Crippen LogP contribution < -0.4 is 0 Å². The van der Waals surface area contributed by atoms with E-state index in [2.05, 4.69) is 0 Å². The molecule has 5 nitrogen and oxygen atoms in total. The van der Waals surface area contributed by atoms with Crippen molar-refractivity contribution >= 4 is 10.1 Å². The van der Waals surface area contributed by atoms with E-state index in [4.69, 9.17) is 13.7 Å². The molecule has 0 radical (unpaired) electrons. The van der Waals surface area contributed by atoms with Gasteiger partial charge in [-0.2, -0.15) is 8.42 Å². The molecular formula is C11H12O5S. The first-order valence-corrected chi connectivity index (χ1v) is 6.38. The minimum absolute atomic E-state index is 0.100. The highest BCUT2D eigenvalue weighted by molar-refractivity contribution is 7.86. The summed E-state index contributed by atoms with van der Waals surface area (Å²) in [6.45, 7) is 1.82. The van der Waals surface area contributed by atoms with Crippen LogP contribution in [0.3, 0.4) is 0 Å². The van der Waals surface area contributed by atoms with Crippen molar-refractivity contribution in [1.82, 2.24) is 0 Å². The van der Waals surface area contributed by atoms with Crippen LogP contribution in [0.15, 0.2) is 41.2 Å². The predicted molar refractivity (Wildman–Crippen MR) is 59.4 cm³/mol. The smallest absolute Gasteiger partial charge is 0.297 e. The Morgan fingerprint density at radius 1 is 1.29 bits per heavy atom. The Morgan fingerprint density at radius 2 is 2.00 bits per heavy atom. The third-order valence-electron chi connectivity index (χ3n) is 2.19. The van der Waals surface area contributed by atoms with Gasteiger partial charge in [0.2, 0.25) is 6.79 Å². The molecule has 0 unspecified atom stereocenters. The van der Waals surface area contributed by atoms with Crippen molar-refractivity contribution in [1.29, 1.82) is 0 Å². The number of aryl methyl sites for hydroxylation is 1. The molecule has 92 valence electrons. The highest BCUT2D eigenvalue weighted by Gasteiger charge is 2.17. The molecule has 0 saturated carbocycles. The highest BCUT2D eigenvalue weighted by Crippen LogP contribution is 2.15. The van der Waals surface area contributed by atoms with Crippen molar-refractivity contribution in [3.8, 4) is 0 Å². The summed E-state index contributed by atoms with van der Waals surface area (Å²) in [6, 6.07) is 6.44. The van der Waals surface area contributed by atoms with Gasteiger partial charge < -0.3 is 9.47 Å². The normalized spacial score (nSPS) is 15.0. The van der Waals surface area contributed by atoms with Gasteiger partial charge >= 0.3 is 0 Å². The zero-order chi connectivity index (χ0) is 12.3. The Labute approximate surface area is 99.7 Å². The molecule has 1 aromatic carbocycles. The number of ether oxygens (including phenoxy) is 2. The molecule has 1 heterocycles. The average molecular weight is 256 g/mol. The second-order valence-electron chi connectivity index (χ2n) is 3.54. The predicted octanol–water partition coefficient (Wildman–Crippen LogP) is 1.55. The van der Waals surface area contributed by atoms with Crippen molar-refractivity contribution in [2.24, 2.45) is 0 Å². The van der Waals surface area contributed by atoms with E-state index < -0.39 is 10.1 Å². The summed E-state index contributed by atoms with van der Waals surface area (Å²) in [5, 5.41) is 0. The summed E-state index contributed by atoms with van der Waals surface area (Å²) in [7, 11) is -3.74. The van der Waals surface area contributed by atoms with Gasteiger partial charge in [-0.3, -0.25) is 4.18 Å². The number of hydrogen-bond donors (Lipinski definition) is 0. The SMILES string of the molecule is Cc1ccc(S(=O)(=O)OCC2=COCO2)cc1. The molecule has 0 aliphatic carbocycles. The first-order chi connectivity index (χ1) is 8.08. The van der Waals surface area contributed by atoms with Crippen molar-refractivity contribution in [2.75, 3.05) is 13.4 Å². The van der Waals surface area contributed by atoms with Crippen LogP contribution in [0.1, 0.15) is 5.56 Å². The molecule has 2 rings (SSSR count). The third kappa shape index (κ3) is 2.98. The molecule has 17 heavy (non-hydrogen) atoms. The summed E-state index contributed by atoms with van der Waals surface area (Å²) in [5.41, 5.74) is 0.985. The molecule has 0 fully saturated rings. The van der Waals surface area contributed by atoms with Crippen molar-refractivity contribution in [3.63, 3.8) is 0 Å². The van der Waals surface area contributed by atoms with Crippen LogP contribution in [0.25, 0.3) is 0 Å². The van der Waals surface area contributed by atoms with Crippen molar-refractivity contribution < 1.29 is 22.1 Å². The number of benzene rings is 1. The topological polar surface area (TPSA) is 61.8 Å². The monoisotopic (exact) mass is 256 g/mol. The Kier molecular flexibility index (Phi) is 3.35. The van der Waals surface area contributed by atoms with E-state index in [1.807, 2.05) is 6.92 Å². The Balaban J connectivity index is 2.05. The molecule has 1 aliphatic heterocycles. The summed E-state index contributed by atoms with van der Waals surface area (Å²) in [5.74, 6) is 0.362. The number of hydrogen-bond acceptors (Lipinski definition) is 5. The third-order valence-corrected chi connectivity index (χ3v) is 3.47. The maximum atomic E-state index is 11.8. The summed E-state index contributed by atoms with van der Waals surface area (Å²) in [4.78, 5) is 0.127. The highest BCUT2D eigenvalue weighted by atomic mass is 32.2. The van der Waals surface area contributed by atoms with Gasteiger partial charge in [0.1, 0.15) is 12.9 Å². The van der Waals surface area contributed by atoms with Gasteiger partial charge in [0.05, 0.1) is 4.90 Å². The van der Waals surface area contributed by atoms with Crippen LogP contribution in [0.5, 0.6) is 0 Å². The molecular weight excluding hydrogens is 244 g/mol. The van der Waals surface area contributed by atoms with Crippen molar-refractivity contribution in [3.05, 3.63) is 41.9 Å². The Morgan fingerprint density at radius 3 is 2.59 bits per heavy atom. The maximum absolute atomic E-state index is 11.8. The van der Waals surface area contributed by atoms with E-state index in [-0.39, 0.29) is 18.3 Å². The van der Waals surface area contributed by atoms with Gasteiger partial charge in [-0.1, -0.05) is 17.7 Å². The van der Waals surface area contributed by atoms with E-state index in [0.717, 1.165) is 5.56 Å². The summed E-state index contributed by atoms with van der Waals surface area (Å²) in [6.07, 6.45) is 1.34. The second kappa shape index (κ2) is 4.77. The maximum Gasteiger partial charge on any atom is 0.297 e. The van der Waals surface area contributed by atoms with Crippen molar-refractivity contribution in [2.45, 2.75) is 11.8 Å². The standard InChI is InChI=1S/C11H12O5S/c1-9-2-4-11(5-3-9)17(12,13)16-7-10-6-14-8-15-10/h2-6H,7-8H2,1H3. The van der Waals surface area contributed by atoms with Gasteiger partial charge in [0.25, 0.3) is 10.1 Å². The lowest BCUT2D eigenvalue weighted by molar-refractivity contribution is 0.0717. The quantitative estimate of drug-likeness (QED) is 0.765. The largest absolute Gasteiger partial charge is 0.462 e. The number of rotatable bonds is 4. The first kappa shape index (κ1) is 11.9. The minimum Gasteiger partial charge on any atom is -0.462 e.